The number of fused-ring (bicyclic) bond motifs is 1. The predicted octanol–water partition coefficient (Wildman–Crippen LogP) is 6.63. The zero-order valence-electron chi connectivity index (χ0n) is 16.8. The van der Waals surface area contributed by atoms with Gasteiger partial charge in [-0.2, -0.15) is 0 Å². The van der Waals surface area contributed by atoms with E-state index in [0.29, 0.717) is 11.4 Å². The lowest BCUT2D eigenvalue weighted by Gasteiger charge is -2.30. The lowest BCUT2D eigenvalue weighted by molar-refractivity contribution is -0.116. The molecule has 0 amide bonds. The minimum absolute atomic E-state index is 0.176. The van der Waals surface area contributed by atoms with Crippen molar-refractivity contribution in [3.63, 3.8) is 0 Å². The Bertz CT molecular complexity index is 1150. The molecular weight excluding hydrogens is 392 g/mol. The van der Waals surface area contributed by atoms with Crippen LogP contribution >= 0.6 is 11.6 Å². The number of carbonyl (C=O) groups is 1. The van der Waals surface area contributed by atoms with Crippen molar-refractivity contribution in [2.24, 2.45) is 0 Å². The molecule has 0 radical (unpaired) electrons. The molecule has 150 valence electrons. The van der Waals surface area contributed by atoms with Gasteiger partial charge in [-0.25, -0.2) is 0 Å². The molecule has 1 heterocycles. The minimum atomic E-state index is -0.235. The van der Waals surface area contributed by atoms with Gasteiger partial charge in [0.25, 0.3) is 0 Å². The Hall–Kier alpha value is -3.04. The first-order valence-electron chi connectivity index (χ1n) is 10.3. The number of carbonyl (C=O) groups excluding carboxylic acids is 1. The molecule has 0 fully saturated rings. The third kappa shape index (κ3) is 3.50. The highest BCUT2D eigenvalue weighted by molar-refractivity contribution is 6.30. The van der Waals surface area contributed by atoms with Crippen LogP contribution < -0.4 is 10.6 Å². The van der Waals surface area contributed by atoms with E-state index < -0.39 is 0 Å². The van der Waals surface area contributed by atoms with Crippen LogP contribution in [0.4, 0.5) is 11.4 Å². The second-order valence-corrected chi connectivity index (χ2v) is 8.57. The van der Waals surface area contributed by atoms with Crippen molar-refractivity contribution in [1.82, 2.24) is 0 Å². The van der Waals surface area contributed by atoms with Crippen molar-refractivity contribution in [2.45, 2.75) is 31.7 Å². The van der Waals surface area contributed by atoms with E-state index in [1.165, 1.54) is 11.1 Å². The van der Waals surface area contributed by atoms with Gasteiger partial charge in [-0.3, -0.25) is 4.79 Å². The van der Waals surface area contributed by atoms with E-state index in [2.05, 4.69) is 41.8 Å². The quantitative estimate of drug-likeness (QED) is 0.494. The summed E-state index contributed by atoms with van der Waals surface area (Å²) in [4.78, 5) is 13.5. The average Bonchev–Trinajstić information content (AvgIpc) is 2.91. The molecule has 30 heavy (non-hydrogen) atoms. The molecular formula is C26H23ClN2O. The molecule has 1 aliphatic heterocycles. The summed E-state index contributed by atoms with van der Waals surface area (Å²) in [5.74, 6) is 0.356. The normalized spacial score (nSPS) is 20.5. The van der Waals surface area contributed by atoms with Crippen molar-refractivity contribution >= 4 is 28.8 Å². The first-order chi connectivity index (χ1) is 14.6. The summed E-state index contributed by atoms with van der Waals surface area (Å²) in [5.41, 5.74) is 7.23. The van der Waals surface area contributed by atoms with Gasteiger partial charge in [0.1, 0.15) is 0 Å². The van der Waals surface area contributed by atoms with Gasteiger partial charge in [-0.1, -0.05) is 65.7 Å². The number of anilines is 2. The topological polar surface area (TPSA) is 41.1 Å². The van der Waals surface area contributed by atoms with Crippen LogP contribution in [0.2, 0.25) is 5.02 Å². The fraction of sp³-hybridized carbons (Fsp3) is 0.192. The fourth-order valence-electron chi connectivity index (χ4n) is 4.50. The number of Topliss-reactive ketones (excluding diaryl/α,β-unsaturated/α-hetero) is 1. The second kappa shape index (κ2) is 7.66. The van der Waals surface area contributed by atoms with Crippen molar-refractivity contribution in [1.29, 1.82) is 0 Å². The molecule has 3 aromatic carbocycles. The summed E-state index contributed by atoms with van der Waals surface area (Å²) < 4.78 is 0. The minimum Gasteiger partial charge on any atom is -0.372 e. The Kier molecular flexibility index (Phi) is 4.84. The summed E-state index contributed by atoms with van der Waals surface area (Å²) in [5, 5.41) is 7.84. The molecule has 0 unspecified atom stereocenters. The molecule has 2 aliphatic rings. The molecule has 0 saturated carbocycles. The van der Waals surface area contributed by atoms with E-state index in [1.807, 2.05) is 48.5 Å². The standard InChI is InChI=1S/C26H23ClN2O/c1-16-9-11-17(12-10-16)19-14-23-25(24(30)15-19)26(18-5-4-6-20(27)13-18)29-22-8-3-2-7-21(22)28-23/h2-13,19,26,28-29H,14-15H2,1H3/t19-,26-/m1/s1. The highest BCUT2D eigenvalue weighted by atomic mass is 35.5. The lowest BCUT2D eigenvalue weighted by Crippen LogP contribution is -2.26. The molecule has 3 nitrogen and oxygen atoms in total. The molecule has 1 aliphatic carbocycles. The Labute approximate surface area is 181 Å². The zero-order valence-corrected chi connectivity index (χ0v) is 17.5. The van der Waals surface area contributed by atoms with Gasteiger partial charge in [0.15, 0.2) is 5.78 Å². The molecule has 0 spiro atoms. The van der Waals surface area contributed by atoms with E-state index in [0.717, 1.165) is 34.6 Å². The third-order valence-electron chi connectivity index (χ3n) is 6.04. The van der Waals surface area contributed by atoms with Crippen molar-refractivity contribution in [2.75, 3.05) is 10.6 Å². The fourth-order valence-corrected chi connectivity index (χ4v) is 4.70. The first kappa shape index (κ1) is 19.0. The molecule has 5 rings (SSSR count). The maximum absolute atomic E-state index is 13.5. The monoisotopic (exact) mass is 414 g/mol. The number of hydrogen-bond acceptors (Lipinski definition) is 3. The second-order valence-electron chi connectivity index (χ2n) is 8.13. The molecule has 4 heteroatoms. The van der Waals surface area contributed by atoms with Crippen LogP contribution in [0.15, 0.2) is 84.1 Å². The summed E-state index contributed by atoms with van der Waals surface area (Å²) in [6, 6.07) is 24.2. The number of allylic oxidation sites excluding steroid dienone is 1. The van der Waals surface area contributed by atoms with Crippen molar-refractivity contribution < 1.29 is 4.79 Å². The third-order valence-corrected chi connectivity index (χ3v) is 6.27. The first-order valence-corrected chi connectivity index (χ1v) is 10.7. The summed E-state index contributed by atoms with van der Waals surface area (Å²) in [6.07, 6.45) is 1.32. The predicted molar refractivity (Wildman–Crippen MR) is 123 cm³/mol. The van der Waals surface area contributed by atoms with Gasteiger partial charge >= 0.3 is 0 Å². The summed E-state index contributed by atoms with van der Waals surface area (Å²) >= 11 is 6.29. The molecule has 3 aromatic rings. The van der Waals surface area contributed by atoms with Crippen LogP contribution in [-0.2, 0) is 4.79 Å². The molecule has 0 saturated heterocycles. The number of halogens is 1. The number of benzene rings is 3. The lowest BCUT2D eigenvalue weighted by atomic mass is 9.78. The highest BCUT2D eigenvalue weighted by Gasteiger charge is 2.36. The number of para-hydroxylation sites is 2. The van der Waals surface area contributed by atoms with Crippen LogP contribution in [0, 0.1) is 6.92 Å². The van der Waals surface area contributed by atoms with E-state index in [9.17, 15) is 4.79 Å². The molecule has 2 N–H and O–H groups in total. The largest absolute Gasteiger partial charge is 0.372 e. The van der Waals surface area contributed by atoms with Gasteiger partial charge in [0.05, 0.1) is 17.4 Å². The van der Waals surface area contributed by atoms with E-state index in [1.54, 1.807) is 0 Å². The van der Waals surface area contributed by atoms with Gasteiger partial charge in [-0.05, 0) is 54.7 Å². The van der Waals surface area contributed by atoms with Gasteiger partial charge < -0.3 is 10.6 Å². The Morgan fingerprint density at radius 3 is 2.40 bits per heavy atom. The van der Waals surface area contributed by atoms with Gasteiger partial charge in [-0.15, -0.1) is 0 Å². The average molecular weight is 415 g/mol. The smallest absolute Gasteiger partial charge is 0.163 e. The SMILES string of the molecule is Cc1ccc([C@H]2CC(=O)C3=C(C2)Nc2ccccc2N[C@@H]3c2cccc(Cl)c2)cc1. The maximum Gasteiger partial charge on any atom is 0.163 e. The highest BCUT2D eigenvalue weighted by Crippen LogP contribution is 2.44. The summed E-state index contributed by atoms with van der Waals surface area (Å²) in [7, 11) is 0. The molecule has 0 bridgehead atoms. The van der Waals surface area contributed by atoms with Crippen LogP contribution in [0.25, 0.3) is 0 Å². The zero-order chi connectivity index (χ0) is 20.7. The van der Waals surface area contributed by atoms with Crippen LogP contribution in [0.5, 0.6) is 0 Å². The van der Waals surface area contributed by atoms with Crippen LogP contribution in [0.1, 0.15) is 41.5 Å². The Morgan fingerprint density at radius 1 is 0.867 bits per heavy atom. The Balaban J connectivity index is 1.61. The van der Waals surface area contributed by atoms with Gasteiger partial charge in [0, 0.05) is 22.7 Å². The van der Waals surface area contributed by atoms with Crippen LogP contribution in [0.3, 0.4) is 0 Å². The van der Waals surface area contributed by atoms with Gasteiger partial charge in [0.2, 0.25) is 0 Å². The number of nitrogens with one attached hydrogen (secondary N) is 2. The van der Waals surface area contributed by atoms with Crippen molar-refractivity contribution in [3.8, 4) is 0 Å². The number of aryl methyl sites for hydroxylation is 1. The van der Waals surface area contributed by atoms with E-state index in [-0.39, 0.29) is 17.7 Å². The summed E-state index contributed by atoms with van der Waals surface area (Å²) in [6.45, 7) is 2.08. The Morgan fingerprint density at radius 2 is 1.63 bits per heavy atom. The molecule has 2 atom stereocenters. The number of rotatable bonds is 2. The van der Waals surface area contributed by atoms with Crippen molar-refractivity contribution in [3.05, 3.63) is 106 Å². The van der Waals surface area contributed by atoms with E-state index >= 15 is 0 Å². The number of ketones is 1. The molecule has 0 aromatic heterocycles. The number of hydrogen-bond donors (Lipinski definition) is 2. The van der Waals surface area contributed by atoms with E-state index in [4.69, 9.17) is 11.6 Å². The van der Waals surface area contributed by atoms with Crippen LogP contribution in [-0.4, -0.2) is 5.78 Å². The maximum atomic E-state index is 13.5.